The molecule has 2 aromatic heterocycles. The number of carbonyl (C=O) groups excluding carboxylic acids is 1. The molecule has 0 unspecified atom stereocenters. The highest BCUT2D eigenvalue weighted by atomic mass is 35.5. The molecular weight excluding hydrogens is 502 g/mol. The van der Waals surface area contributed by atoms with Gasteiger partial charge in [0.2, 0.25) is 0 Å². The molecule has 4 N–H and O–H groups in total. The van der Waals surface area contributed by atoms with Crippen molar-refractivity contribution in [2.24, 2.45) is 0 Å². The number of rotatable bonds is 7. The maximum absolute atomic E-state index is 12.9. The monoisotopic (exact) mass is 527 g/mol. The number of nitrogens with zero attached hydrogens (tertiary/aromatic N) is 2. The molecule has 3 aromatic rings. The van der Waals surface area contributed by atoms with E-state index in [-0.39, 0.29) is 25.7 Å². The molecule has 12 heteroatoms. The molecule has 2 aliphatic rings. The van der Waals surface area contributed by atoms with Crippen LogP contribution in [0, 0.1) is 0 Å². The average molecular weight is 528 g/mol. The van der Waals surface area contributed by atoms with Crippen molar-refractivity contribution in [2.75, 3.05) is 45.3 Å². The van der Waals surface area contributed by atoms with Crippen LogP contribution in [0.5, 0.6) is 11.5 Å². The predicted octanol–water partition coefficient (Wildman–Crippen LogP) is 3.53. The summed E-state index contributed by atoms with van der Waals surface area (Å²) in [4.78, 5) is 33.5. The maximum Gasteiger partial charge on any atom is 0.407 e. The van der Waals surface area contributed by atoms with Crippen molar-refractivity contribution >= 4 is 35.0 Å². The molecule has 1 saturated heterocycles. The van der Waals surface area contributed by atoms with E-state index in [2.05, 4.69) is 20.6 Å². The number of fused-ring (bicyclic) bond motifs is 1. The first-order chi connectivity index (χ1) is 18.0. The first kappa shape index (κ1) is 24.7. The molecule has 1 aromatic carbocycles. The van der Waals surface area contributed by atoms with Crippen molar-refractivity contribution in [3.63, 3.8) is 0 Å². The van der Waals surface area contributed by atoms with Gasteiger partial charge in [-0.1, -0.05) is 17.7 Å². The number of hydrogen-bond acceptors (Lipinski definition) is 7. The molecule has 194 valence electrons. The number of para-hydroxylation sites is 1. The van der Waals surface area contributed by atoms with Crippen LogP contribution in [-0.2, 0) is 11.2 Å². The largest absolute Gasteiger partial charge is 0.493 e. The van der Waals surface area contributed by atoms with Crippen LogP contribution in [0.4, 0.5) is 16.2 Å². The molecule has 1 fully saturated rings. The molecule has 2 aliphatic heterocycles. The summed E-state index contributed by atoms with van der Waals surface area (Å²) in [6.07, 6.45) is 2.79. The fourth-order valence-electron chi connectivity index (χ4n) is 4.59. The smallest absolute Gasteiger partial charge is 0.407 e. The van der Waals surface area contributed by atoms with Gasteiger partial charge in [-0.3, -0.25) is 14.7 Å². The van der Waals surface area contributed by atoms with Gasteiger partial charge in [0, 0.05) is 37.0 Å². The lowest BCUT2D eigenvalue weighted by Gasteiger charge is -2.33. The number of H-pyrrole nitrogens is 1. The number of amides is 2. The number of pyridine rings is 1. The Bertz CT molecular complexity index is 1330. The molecule has 2 amide bonds. The van der Waals surface area contributed by atoms with Gasteiger partial charge in [0.15, 0.2) is 5.75 Å². The zero-order valence-electron chi connectivity index (χ0n) is 20.0. The number of benzene rings is 1. The van der Waals surface area contributed by atoms with Crippen LogP contribution in [0.3, 0.4) is 0 Å². The highest BCUT2D eigenvalue weighted by molar-refractivity contribution is 6.32. The molecule has 11 nitrogen and oxygen atoms in total. The molecule has 1 atom stereocenters. The molecule has 5 rings (SSSR count). The number of carboxylic acid groups (broad SMARTS) is 1. The number of aromatic nitrogens is 2. The second-order valence-corrected chi connectivity index (χ2v) is 8.97. The van der Waals surface area contributed by atoms with Gasteiger partial charge >= 0.3 is 6.09 Å². The second kappa shape index (κ2) is 10.6. The minimum Gasteiger partial charge on any atom is -0.493 e. The number of carbonyl (C=O) groups is 2. The van der Waals surface area contributed by atoms with Gasteiger partial charge in [0.05, 0.1) is 60.2 Å². The van der Waals surface area contributed by atoms with Crippen LogP contribution in [0.1, 0.15) is 16.1 Å². The highest BCUT2D eigenvalue weighted by Crippen LogP contribution is 2.42. The van der Waals surface area contributed by atoms with E-state index in [0.717, 1.165) is 5.69 Å². The summed E-state index contributed by atoms with van der Waals surface area (Å²) in [5, 5.41) is 16.2. The van der Waals surface area contributed by atoms with Crippen molar-refractivity contribution in [1.29, 1.82) is 0 Å². The number of ether oxygens (including phenoxy) is 3. The first-order valence-electron chi connectivity index (χ1n) is 11.7. The molecule has 0 aliphatic carbocycles. The van der Waals surface area contributed by atoms with E-state index in [4.69, 9.17) is 25.8 Å². The van der Waals surface area contributed by atoms with E-state index in [1.54, 1.807) is 30.6 Å². The van der Waals surface area contributed by atoms with Crippen LogP contribution in [0.25, 0.3) is 11.3 Å². The standard InChI is InChI=1S/C25H26ClN5O6/c1-35-23-16(26)3-2-4-18(23)30-22-20-17(6-8-28-24(20)32)29-21(22)15-5-7-27-11-19(15)37-13-14-12-36-10-9-31(14)25(33)34/h2-5,7,11,14,29-30H,6,8-10,12-13H2,1H3,(H,28,32)(H,33,34)/t14-/m0/s1. The van der Waals surface area contributed by atoms with Crippen LogP contribution in [0.2, 0.25) is 5.02 Å². The number of morpholine rings is 1. The fourth-order valence-corrected chi connectivity index (χ4v) is 4.84. The van der Waals surface area contributed by atoms with Crippen LogP contribution >= 0.6 is 11.6 Å². The summed E-state index contributed by atoms with van der Waals surface area (Å²) < 4.78 is 17.1. The third-order valence-corrected chi connectivity index (χ3v) is 6.65. The zero-order valence-corrected chi connectivity index (χ0v) is 20.8. The van der Waals surface area contributed by atoms with E-state index in [1.165, 1.54) is 12.0 Å². The number of hydrogen-bond donors (Lipinski definition) is 4. The van der Waals surface area contributed by atoms with Crippen LogP contribution in [-0.4, -0.2) is 78.0 Å². The fraction of sp³-hybridized carbons (Fsp3) is 0.320. The minimum absolute atomic E-state index is 0.0801. The number of nitrogens with one attached hydrogen (secondary N) is 3. The first-order valence-corrected chi connectivity index (χ1v) is 12.1. The van der Waals surface area contributed by atoms with E-state index in [0.29, 0.717) is 64.3 Å². The predicted molar refractivity (Wildman–Crippen MR) is 136 cm³/mol. The lowest BCUT2D eigenvalue weighted by molar-refractivity contribution is -0.0148. The quantitative estimate of drug-likeness (QED) is 0.366. The van der Waals surface area contributed by atoms with Gasteiger partial charge in [0.25, 0.3) is 5.91 Å². The Kier molecular flexibility index (Phi) is 7.06. The molecule has 0 radical (unpaired) electrons. The number of methoxy groups -OCH3 is 1. The Morgan fingerprint density at radius 3 is 3.05 bits per heavy atom. The summed E-state index contributed by atoms with van der Waals surface area (Å²) >= 11 is 6.34. The Morgan fingerprint density at radius 1 is 1.38 bits per heavy atom. The molecule has 0 saturated carbocycles. The lowest BCUT2D eigenvalue weighted by Crippen LogP contribution is -2.50. The average Bonchev–Trinajstić information content (AvgIpc) is 3.27. The molecule has 0 spiro atoms. The van der Waals surface area contributed by atoms with Crippen molar-refractivity contribution in [2.45, 2.75) is 12.5 Å². The summed E-state index contributed by atoms with van der Waals surface area (Å²) in [7, 11) is 1.52. The summed E-state index contributed by atoms with van der Waals surface area (Å²) in [5.41, 5.74) is 3.67. The maximum atomic E-state index is 12.9. The second-order valence-electron chi connectivity index (χ2n) is 8.57. The van der Waals surface area contributed by atoms with Crippen molar-refractivity contribution in [1.82, 2.24) is 20.2 Å². The van der Waals surface area contributed by atoms with E-state index in [1.807, 2.05) is 6.07 Å². The third kappa shape index (κ3) is 4.87. The number of anilines is 2. The third-order valence-electron chi connectivity index (χ3n) is 6.35. The van der Waals surface area contributed by atoms with E-state index < -0.39 is 12.1 Å². The van der Waals surface area contributed by atoms with Gasteiger partial charge in [-0.2, -0.15) is 0 Å². The Labute approximate surface area is 217 Å². The number of halogens is 1. The minimum atomic E-state index is -1.02. The summed E-state index contributed by atoms with van der Waals surface area (Å²) in [6, 6.07) is 6.62. The number of aromatic amines is 1. The van der Waals surface area contributed by atoms with Crippen LogP contribution in [0.15, 0.2) is 36.7 Å². The van der Waals surface area contributed by atoms with Crippen LogP contribution < -0.4 is 20.1 Å². The molecular formula is C25H26ClN5O6. The van der Waals surface area contributed by atoms with Crippen molar-refractivity contribution in [3.8, 4) is 22.8 Å². The van der Waals surface area contributed by atoms with Gasteiger partial charge in [-0.15, -0.1) is 0 Å². The van der Waals surface area contributed by atoms with E-state index >= 15 is 0 Å². The molecule has 0 bridgehead atoms. The molecule has 37 heavy (non-hydrogen) atoms. The SMILES string of the molecule is COc1c(Cl)cccc1Nc1c(-c2ccncc2OC[C@@H]2COCCN2C(=O)O)[nH]c2c1C(=O)NCC2. The van der Waals surface area contributed by atoms with Crippen molar-refractivity contribution in [3.05, 3.63) is 52.9 Å². The topological polar surface area (TPSA) is 138 Å². The Balaban J connectivity index is 1.53. The Hall–Kier alpha value is -3.96. The van der Waals surface area contributed by atoms with Gasteiger partial charge in [0.1, 0.15) is 12.4 Å². The highest BCUT2D eigenvalue weighted by Gasteiger charge is 2.30. The molecule has 4 heterocycles. The van der Waals surface area contributed by atoms with Crippen molar-refractivity contribution < 1.29 is 28.9 Å². The summed E-state index contributed by atoms with van der Waals surface area (Å²) in [6.45, 7) is 1.45. The normalized spacial score (nSPS) is 17.1. The Morgan fingerprint density at radius 2 is 2.24 bits per heavy atom. The van der Waals surface area contributed by atoms with E-state index in [9.17, 15) is 14.7 Å². The van der Waals surface area contributed by atoms with Gasteiger partial charge in [-0.25, -0.2) is 4.79 Å². The van der Waals surface area contributed by atoms with Gasteiger partial charge < -0.3 is 34.9 Å². The lowest BCUT2D eigenvalue weighted by atomic mass is 10.0. The van der Waals surface area contributed by atoms with Gasteiger partial charge in [-0.05, 0) is 18.2 Å². The zero-order chi connectivity index (χ0) is 25.9. The summed E-state index contributed by atoms with van der Waals surface area (Å²) in [5.74, 6) is 0.664.